The van der Waals surface area contributed by atoms with E-state index < -0.39 is 0 Å². The van der Waals surface area contributed by atoms with Crippen LogP contribution in [-0.2, 0) is 0 Å². The summed E-state index contributed by atoms with van der Waals surface area (Å²) in [7, 11) is 0. The van der Waals surface area contributed by atoms with E-state index in [0.717, 1.165) is 43.0 Å². The molecule has 3 nitrogen and oxygen atoms in total. The third-order valence-corrected chi connectivity index (χ3v) is 4.55. The summed E-state index contributed by atoms with van der Waals surface area (Å²) in [6.07, 6.45) is 3.82. The normalized spacial score (nSPS) is 15.8. The molecule has 0 aliphatic carbocycles. The largest absolute Gasteiger partial charge is 0.337 e. The van der Waals surface area contributed by atoms with Gasteiger partial charge in [0.05, 0.1) is 16.4 Å². The van der Waals surface area contributed by atoms with Crippen LogP contribution in [0.15, 0.2) is 36.5 Å². The van der Waals surface area contributed by atoms with Crippen molar-refractivity contribution in [3.05, 3.63) is 53.1 Å². The molecule has 0 atom stereocenters. The predicted octanol–water partition coefficient (Wildman–Crippen LogP) is 4.07. The standard InChI is InChI=1S/C17H19ClFN3/c1-12-17(18)16(8-11-21-12)22(15-6-9-20-10-7-15)14-4-2-13(19)3-5-14/h2-5,8,11,15,20H,6-7,9-10H2,1H3. The maximum absolute atomic E-state index is 13.3. The van der Waals surface area contributed by atoms with Crippen LogP contribution in [0.4, 0.5) is 15.8 Å². The maximum atomic E-state index is 13.3. The van der Waals surface area contributed by atoms with E-state index in [0.29, 0.717) is 11.1 Å². The average molecular weight is 320 g/mol. The fourth-order valence-corrected chi connectivity index (χ4v) is 3.14. The molecule has 1 aliphatic heterocycles. The number of rotatable bonds is 3. The van der Waals surface area contributed by atoms with Crippen LogP contribution in [0, 0.1) is 12.7 Å². The molecule has 116 valence electrons. The zero-order valence-electron chi connectivity index (χ0n) is 12.5. The highest BCUT2D eigenvalue weighted by Crippen LogP contribution is 2.36. The first-order valence-corrected chi connectivity index (χ1v) is 7.91. The molecular formula is C17H19ClFN3. The molecule has 5 heteroatoms. The number of pyridine rings is 1. The summed E-state index contributed by atoms with van der Waals surface area (Å²) in [5, 5.41) is 4.03. The van der Waals surface area contributed by atoms with Crippen LogP contribution in [0.3, 0.4) is 0 Å². The van der Waals surface area contributed by atoms with Gasteiger partial charge in [0.15, 0.2) is 0 Å². The summed E-state index contributed by atoms with van der Waals surface area (Å²) in [6, 6.07) is 8.87. The van der Waals surface area contributed by atoms with E-state index in [9.17, 15) is 4.39 Å². The van der Waals surface area contributed by atoms with Gasteiger partial charge in [-0.2, -0.15) is 0 Å². The topological polar surface area (TPSA) is 28.2 Å². The van der Waals surface area contributed by atoms with E-state index in [2.05, 4.69) is 15.2 Å². The Hall–Kier alpha value is -1.65. The molecule has 1 aromatic carbocycles. The zero-order chi connectivity index (χ0) is 15.5. The number of nitrogens with one attached hydrogen (secondary N) is 1. The fraction of sp³-hybridized carbons (Fsp3) is 0.353. The third kappa shape index (κ3) is 3.08. The molecule has 1 aromatic heterocycles. The van der Waals surface area contributed by atoms with Crippen LogP contribution in [0.5, 0.6) is 0 Å². The first-order chi connectivity index (χ1) is 10.7. The minimum Gasteiger partial charge on any atom is -0.337 e. The monoisotopic (exact) mass is 319 g/mol. The number of hydrogen-bond donors (Lipinski definition) is 1. The highest BCUT2D eigenvalue weighted by atomic mass is 35.5. The average Bonchev–Trinajstić information content (AvgIpc) is 2.54. The van der Waals surface area contributed by atoms with Crippen LogP contribution < -0.4 is 10.2 Å². The van der Waals surface area contributed by atoms with E-state index in [4.69, 9.17) is 11.6 Å². The Labute approximate surface area is 135 Å². The summed E-state index contributed by atoms with van der Waals surface area (Å²) in [5.41, 5.74) is 2.70. The van der Waals surface area contributed by atoms with Gasteiger partial charge < -0.3 is 10.2 Å². The molecule has 0 spiro atoms. The second-order valence-electron chi connectivity index (χ2n) is 5.56. The molecule has 0 saturated carbocycles. The van der Waals surface area contributed by atoms with Crippen molar-refractivity contribution in [2.24, 2.45) is 0 Å². The number of nitrogens with zero attached hydrogens (tertiary/aromatic N) is 2. The lowest BCUT2D eigenvalue weighted by molar-refractivity contribution is 0.452. The molecule has 2 heterocycles. The van der Waals surface area contributed by atoms with Gasteiger partial charge >= 0.3 is 0 Å². The number of aromatic nitrogens is 1. The number of halogens is 2. The van der Waals surface area contributed by atoms with Crippen LogP contribution in [0.25, 0.3) is 0 Å². The highest BCUT2D eigenvalue weighted by Gasteiger charge is 2.25. The van der Waals surface area contributed by atoms with Crippen LogP contribution in [-0.4, -0.2) is 24.1 Å². The SMILES string of the molecule is Cc1nccc(N(c2ccc(F)cc2)C2CCNCC2)c1Cl. The first kappa shape index (κ1) is 15.3. The Morgan fingerprint density at radius 1 is 1.18 bits per heavy atom. The van der Waals surface area contributed by atoms with E-state index in [1.165, 1.54) is 12.1 Å². The van der Waals surface area contributed by atoms with Gasteiger partial charge in [-0.1, -0.05) is 11.6 Å². The van der Waals surface area contributed by atoms with Crippen molar-refractivity contribution < 1.29 is 4.39 Å². The Kier molecular flexibility index (Phi) is 4.60. The van der Waals surface area contributed by atoms with Crippen molar-refractivity contribution in [2.45, 2.75) is 25.8 Å². The lowest BCUT2D eigenvalue weighted by atomic mass is 10.0. The molecule has 1 saturated heterocycles. The van der Waals surface area contributed by atoms with Crippen molar-refractivity contribution in [1.29, 1.82) is 0 Å². The highest BCUT2D eigenvalue weighted by molar-refractivity contribution is 6.34. The number of benzene rings is 1. The van der Waals surface area contributed by atoms with Crippen LogP contribution in [0.1, 0.15) is 18.5 Å². The molecular weight excluding hydrogens is 301 g/mol. The van der Waals surface area contributed by atoms with Crippen molar-refractivity contribution in [3.8, 4) is 0 Å². The van der Waals surface area contributed by atoms with E-state index in [-0.39, 0.29) is 5.82 Å². The summed E-state index contributed by atoms with van der Waals surface area (Å²) >= 11 is 6.49. The van der Waals surface area contributed by atoms with Crippen molar-refractivity contribution >= 4 is 23.0 Å². The van der Waals surface area contributed by atoms with Crippen LogP contribution in [0.2, 0.25) is 5.02 Å². The second-order valence-corrected chi connectivity index (χ2v) is 5.94. The zero-order valence-corrected chi connectivity index (χ0v) is 13.3. The van der Waals surface area contributed by atoms with E-state index in [1.54, 1.807) is 6.20 Å². The molecule has 1 fully saturated rings. The molecule has 1 aliphatic rings. The Morgan fingerprint density at radius 2 is 1.86 bits per heavy atom. The van der Waals surface area contributed by atoms with Crippen molar-refractivity contribution in [2.75, 3.05) is 18.0 Å². The maximum Gasteiger partial charge on any atom is 0.123 e. The van der Waals surface area contributed by atoms with Gasteiger partial charge in [-0.3, -0.25) is 4.98 Å². The Morgan fingerprint density at radius 3 is 2.55 bits per heavy atom. The van der Waals surface area contributed by atoms with Gasteiger partial charge in [0, 0.05) is 17.9 Å². The molecule has 22 heavy (non-hydrogen) atoms. The Bertz CT molecular complexity index is 639. The fourth-order valence-electron chi connectivity index (χ4n) is 2.93. The van der Waals surface area contributed by atoms with Gasteiger partial charge in [-0.05, 0) is 63.2 Å². The number of piperidine rings is 1. The lowest BCUT2D eigenvalue weighted by Crippen LogP contribution is -2.41. The summed E-state index contributed by atoms with van der Waals surface area (Å²) in [6.45, 7) is 3.85. The number of anilines is 2. The Balaban J connectivity index is 2.05. The van der Waals surface area contributed by atoms with Crippen molar-refractivity contribution in [1.82, 2.24) is 10.3 Å². The third-order valence-electron chi connectivity index (χ3n) is 4.08. The van der Waals surface area contributed by atoms with Crippen molar-refractivity contribution in [3.63, 3.8) is 0 Å². The molecule has 0 bridgehead atoms. The summed E-state index contributed by atoms with van der Waals surface area (Å²) < 4.78 is 13.3. The summed E-state index contributed by atoms with van der Waals surface area (Å²) in [4.78, 5) is 6.46. The van der Waals surface area contributed by atoms with Gasteiger partial charge in [-0.15, -0.1) is 0 Å². The molecule has 0 amide bonds. The molecule has 1 N–H and O–H groups in total. The van der Waals surface area contributed by atoms with E-state index in [1.807, 2.05) is 25.1 Å². The number of hydrogen-bond acceptors (Lipinski definition) is 3. The first-order valence-electron chi connectivity index (χ1n) is 7.53. The molecule has 3 rings (SSSR count). The summed E-state index contributed by atoms with van der Waals surface area (Å²) in [5.74, 6) is -0.231. The van der Waals surface area contributed by atoms with Gasteiger partial charge in [0.25, 0.3) is 0 Å². The minimum atomic E-state index is -0.231. The van der Waals surface area contributed by atoms with Gasteiger partial charge in [0.1, 0.15) is 5.82 Å². The lowest BCUT2D eigenvalue weighted by Gasteiger charge is -2.37. The van der Waals surface area contributed by atoms with Gasteiger partial charge in [0.2, 0.25) is 0 Å². The molecule has 0 radical (unpaired) electrons. The van der Waals surface area contributed by atoms with Gasteiger partial charge in [-0.25, -0.2) is 4.39 Å². The molecule has 0 unspecified atom stereocenters. The quantitative estimate of drug-likeness (QED) is 0.924. The number of aryl methyl sites for hydroxylation is 1. The molecule has 2 aromatic rings. The van der Waals surface area contributed by atoms with E-state index >= 15 is 0 Å². The van der Waals surface area contributed by atoms with Crippen LogP contribution >= 0.6 is 11.6 Å². The second kappa shape index (κ2) is 6.63. The predicted molar refractivity (Wildman–Crippen MR) is 88.4 cm³/mol. The smallest absolute Gasteiger partial charge is 0.123 e. The minimum absolute atomic E-state index is 0.231.